The van der Waals surface area contributed by atoms with E-state index in [-0.39, 0.29) is 17.1 Å². The molecule has 2 aromatic carbocycles. The highest BCUT2D eigenvalue weighted by Crippen LogP contribution is 2.47. The van der Waals surface area contributed by atoms with Crippen LogP contribution < -0.4 is 15.0 Å². The van der Waals surface area contributed by atoms with Crippen molar-refractivity contribution in [3.8, 4) is 23.2 Å². The third kappa shape index (κ3) is 7.11. The Hall–Kier alpha value is -3.69. The zero-order valence-electron chi connectivity index (χ0n) is 33.1. The van der Waals surface area contributed by atoms with E-state index in [2.05, 4.69) is 68.1 Å². The molecule has 8 rings (SSSR count). The number of anilines is 1. The Morgan fingerprint density at radius 1 is 1.02 bits per heavy atom. The molecule has 4 fully saturated rings. The molecule has 54 heavy (non-hydrogen) atoms. The summed E-state index contributed by atoms with van der Waals surface area (Å²) in [6, 6.07) is 10.6. The molecule has 1 aromatic heterocycles. The van der Waals surface area contributed by atoms with Crippen LogP contribution in [0.1, 0.15) is 94.4 Å². The van der Waals surface area contributed by atoms with Gasteiger partial charge in [-0.2, -0.15) is 9.97 Å². The molecule has 2 unspecified atom stereocenters. The molecule has 2 bridgehead atoms. The summed E-state index contributed by atoms with van der Waals surface area (Å²) in [5.41, 5.74) is 8.62. The van der Waals surface area contributed by atoms with Crippen LogP contribution in [-0.2, 0) is 17.8 Å². The molecule has 1 amide bonds. The van der Waals surface area contributed by atoms with Gasteiger partial charge < -0.3 is 29.7 Å². The summed E-state index contributed by atoms with van der Waals surface area (Å²) in [4.78, 5) is 31.6. The summed E-state index contributed by atoms with van der Waals surface area (Å²) in [6.45, 7) is 21.5. The number of carbonyl (C=O) groups is 1. The highest BCUT2D eigenvalue weighted by molar-refractivity contribution is 6.90. The molecular weight excluding hydrogens is 693 g/mol. The van der Waals surface area contributed by atoms with Crippen LogP contribution in [0.5, 0.6) is 11.8 Å². The fraction of sp³-hybridized carbons (Fsp3) is 0.605. The number of nitrogens with zero attached hydrogens (tertiary/aromatic N) is 5. The normalized spacial score (nSPS) is 22.2. The Kier molecular flexibility index (Phi) is 10.2. The van der Waals surface area contributed by atoms with Gasteiger partial charge in [0.25, 0.3) is 5.91 Å². The molecule has 0 radical (unpaired) electrons. The van der Waals surface area contributed by atoms with E-state index < -0.39 is 8.07 Å². The number of phenols is 1. The smallest absolute Gasteiger partial charge is 0.318 e. The molecule has 3 saturated heterocycles. The van der Waals surface area contributed by atoms with Gasteiger partial charge in [0.05, 0.1) is 44.2 Å². The minimum Gasteiger partial charge on any atom is -0.508 e. The number of hydrogen-bond acceptors (Lipinski definition) is 9. The first-order valence-corrected chi connectivity index (χ1v) is 22.6. The number of aromatic hydroxyl groups is 1. The number of ether oxygens (including phenoxy) is 2. The van der Waals surface area contributed by atoms with Crippen LogP contribution in [0.15, 0.2) is 30.3 Å². The minimum atomic E-state index is -2.03. The molecule has 11 heteroatoms. The van der Waals surface area contributed by atoms with Crippen molar-refractivity contribution < 1.29 is 19.4 Å². The molecule has 3 aromatic rings. The third-order valence-electron chi connectivity index (χ3n) is 13.1. The Labute approximate surface area is 322 Å². The van der Waals surface area contributed by atoms with Crippen molar-refractivity contribution in [2.24, 2.45) is 5.41 Å². The summed E-state index contributed by atoms with van der Waals surface area (Å²) in [5.74, 6) is 4.45. The average Bonchev–Trinajstić information content (AvgIpc) is 3.63. The molecule has 2 N–H and O–H groups in total. The van der Waals surface area contributed by atoms with Crippen molar-refractivity contribution in [3.05, 3.63) is 52.7 Å². The molecule has 288 valence electrons. The van der Waals surface area contributed by atoms with Gasteiger partial charge in [-0.05, 0) is 65.9 Å². The van der Waals surface area contributed by atoms with Gasteiger partial charge in [0.15, 0.2) is 0 Å². The second-order valence-corrected chi connectivity index (χ2v) is 23.3. The van der Waals surface area contributed by atoms with E-state index in [1.54, 1.807) is 12.1 Å². The summed E-state index contributed by atoms with van der Waals surface area (Å²) >= 11 is 0. The van der Waals surface area contributed by atoms with Crippen molar-refractivity contribution in [2.75, 3.05) is 57.4 Å². The summed E-state index contributed by atoms with van der Waals surface area (Å²) in [5, 5.41) is 16.3. The monoisotopic (exact) mass is 750 g/mol. The highest BCUT2D eigenvalue weighted by atomic mass is 28.3. The fourth-order valence-electron chi connectivity index (χ4n) is 10.1. The quantitative estimate of drug-likeness (QED) is 0.178. The maximum absolute atomic E-state index is 14.8. The van der Waals surface area contributed by atoms with E-state index in [1.807, 2.05) is 23.1 Å². The molecule has 5 aliphatic rings. The second kappa shape index (κ2) is 14.8. The van der Waals surface area contributed by atoms with Gasteiger partial charge in [-0.25, -0.2) is 0 Å². The maximum atomic E-state index is 14.8. The van der Waals surface area contributed by atoms with Gasteiger partial charge in [0.2, 0.25) is 0 Å². The molecule has 5 heterocycles. The van der Waals surface area contributed by atoms with E-state index in [4.69, 9.17) is 19.4 Å². The van der Waals surface area contributed by atoms with E-state index in [1.165, 1.54) is 0 Å². The van der Waals surface area contributed by atoms with E-state index in [0.29, 0.717) is 60.0 Å². The Morgan fingerprint density at radius 2 is 1.72 bits per heavy atom. The lowest BCUT2D eigenvalue weighted by atomic mass is 9.98. The predicted molar refractivity (Wildman–Crippen MR) is 216 cm³/mol. The number of amides is 1. The molecule has 2 atom stereocenters. The number of phenolic OH excluding ortho intramolecular Hbond substituents is 1. The zero-order chi connectivity index (χ0) is 37.8. The lowest BCUT2D eigenvalue weighted by Gasteiger charge is -2.38. The van der Waals surface area contributed by atoms with Crippen molar-refractivity contribution in [2.45, 2.75) is 109 Å². The molecule has 10 nitrogen and oxygen atoms in total. The Bertz CT molecular complexity index is 1930. The number of piperazine rings is 1. The van der Waals surface area contributed by atoms with E-state index in [9.17, 15) is 9.90 Å². The largest absolute Gasteiger partial charge is 0.508 e. The SMILES string of the molecule is CC(C)[Si](C#Cc1cccc2cc(O)cc(C(=O)N3Cc4nc(OCC5(CN6CCOCC6)CC5)nc(N5CC6CCC(C5)N6)c4C3)c12)(C(C)C)C(C)C. The van der Waals surface area contributed by atoms with Crippen LogP contribution >= 0.6 is 0 Å². The van der Waals surface area contributed by atoms with Gasteiger partial charge in [-0.1, -0.05) is 59.6 Å². The van der Waals surface area contributed by atoms with Crippen molar-refractivity contribution in [1.29, 1.82) is 0 Å². The lowest BCUT2D eigenvalue weighted by Crippen LogP contribution is -2.51. The number of carbonyl (C=O) groups excluding carboxylic acids is 1. The number of rotatable bonds is 10. The van der Waals surface area contributed by atoms with Gasteiger partial charge in [-0.15, -0.1) is 5.54 Å². The Morgan fingerprint density at radius 3 is 2.39 bits per heavy atom. The summed E-state index contributed by atoms with van der Waals surface area (Å²) < 4.78 is 12.1. The zero-order valence-corrected chi connectivity index (χ0v) is 34.1. The van der Waals surface area contributed by atoms with E-state index in [0.717, 1.165) is 105 Å². The topological polar surface area (TPSA) is 103 Å². The number of fused-ring (bicyclic) bond motifs is 4. The first-order valence-electron chi connectivity index (χ1n) is 20.4. The molecule has 0 spiro atoms. The van der Waals surface area contributed by atoms with Crippen molar-refractivity contribution in [3.63, 3.8) is 0 Å². The number of morpholine rings is 1. The highest BCUT2D eigenvalue weighted by Gasteiger charge is 2.46. The van der Waals surface area contributed by atoms with Crippen molar-refractivity contribution >= 4 is 30.6 Å². The molecule has 1 saturated carbocycles. The van der Waals surface area contributed by atoms with E-state index >= 15 is 0 Å². The van der Waals surface area contributed by atoms with Crippen LogP contribution in [0.3, 0.4) is 0 Å². The first-order chi connectivity index (χ1) is 25.9. The number of hydrogen-bond donors (Lipinski definition) is 2. The van der Waals surface area contributed by atoms with Crippen LogP contribution in [0, 0.1) is 16.9 Å². The summed E-state index contributed by atoms with van der Waals surface area (Å²) in [6.07, 6.45) is 4.62. The molecule has 4 aliphatic heterocycles. The van der Waals surface area contributed by atoms with Gasteiger partial charge >= 0.3 is 6.01 Å². The summed E-state index contributed by atoms with van der Waals surface area (Å²) in [7, 11) is -2.03. The number of aromatic nitrogens is 2. The predicted octanol–water partition coefficient (Wildman–Crippen LogP) is 6.49. The first kappa shape index (κ1) is 37.2. The standard InChI is InChI=1S/C43H58N6O4Si/c1-28(2)54(29(3)4,30(5)6)19-12-31-8-7-9-32-20-35(50)21-36(39(31)32)41(51)49-24-37-38(25-49)45-42(46-40(37)48-22-33-10-11-34(23-48)44-33)53-27-43(13-14-43)26-47-15-17-52-18-16-47/h7-9,20-21,28-30,33-34,44,50H,10-11,13-18,22-27H2,1-6H3. The number of nitrogens with one attached hydrogen (secondary N) is 1. The fourth-order valence-corrected chi connectivity index (χ4v) is 15.3. The Balaban J connectivity index is 1.11. The molecule has 1 aliphatic carbocycles. The average molecular weight is 751 g/mol. The van der Waals surface area contributed by atoms with Gasteiger partial charge in [-0.3, -0.25) is 9.69 Å². The third-order valence-corrected chi connectivity index (χ3v) is 19.4. The minimum absolute atomic E-state index is 0.0708. The van der Waals surface area contributed by atoms with Crippen LogP contribution in [-0.4, -0.2) is 103 Å². The lowest BCUT2D eigenvalue weighted by molar-refractivity contribution is 0.0231. The second-order valence-electron chi connectivity index (χ2n) is 17.7. The van der Waals surface area contributed by atoms with Gasteiger partial charge in [0.1, 0.15) is 19.6 Å². The number of benzene rings is 2. The van der Waals surface area contributed by atoms with Crippen molar-refractivity contribution in [1.82, 2.24) is 25.1 Å². The molecular formula is C43H58N6O4Si. The van der Waals surface area contributed by atoms with Crippen LogP contribution in [0.2, 0.25) is 16.6 Å². The van der Waals surface area contributed by atoms with Crippen LogP contribution in [0.4, 0.5) is 5.82 Å². The van der Waals surface area contributed by atoms with Gasteiger partial charge in [0, 0.05) is 66.7 Å². The van der Waals surface area contributed by atoms with Crippen LogP contribution in [0.25, 0.3) is 10.8 Å². The maximum Gasteiger partial charge on any atom is 0.318 e.